The standard InChI is InChI=1S/C15H17BrN6/c1-21-9-10(6-19-21)15-20-12-8-18-14(16)5-13(12)22(15)11-3-2-4-17-7-11/h5-6,8-9,11,17H,2-4,7H2,1H3/t11-/m1/s1. The summed E-state index contributed by atoms with van der Waals surface area (Å²) in [5.41, 5.74) is 3.09. The number of nitrogens with one attached hydrogen (secondary N) is 1. The number of fused-ring (bicyclic) bond motifs is 1. The van der Waals surface area contributed by atoms with Crippen LogP contribution in [0.5, 0.6) is 0 Å². The Balaban J connectivity index is 1.94. The van der Waals surface area contributed by atoms with Crippen molar-refractivity contribution in [1.82, 2.24) is 29.6 Å². The molecule has 0 bridgehead atoms. The van der Waals surface area contributed by atoms with Gasteiger partial charge in [0, 0.05) is 25.8 Å². The largest absolute Gasteiger partial charge is 0.319 e. The van der Waals surface area contributed by atoms with Gasteiger partial charge in [-0.05, 0) is 41.4 Å². The highest BCUT2D eigenvalue weighted by atomic mass is 79.9. The van der Waals surface area contributed by atoms with E-state index in [9.17, 15) is 0 Å². The van der Waals surface area contributed by atoms with Crippen LogP contribution in [0.15, 0.2) is 29.3 Å². The molecule has 0 spiro atoms. The van der Waals surface area contributed by atoms with E-state index in [4.69, 9.17) is 4.98 Å². The minimum atomic E-state index is 0.406. The van der Waals surface area contributed by atoms with Crippen LogP contribution in [0, 0.1) is 0 Å². The fraction of sp³-hybridized carbons (Fsp3) is 0.400. The minimum absolute atomic E-state index is 0.406. The van der Waals surface area contributed by atoms with Gasteiger partial charge >= 0.3 is 0 Å². The van der Waals surface area contributed by atoms with Crippen LogP contribution in [-0.2, 0) is 7.05 Å². The van der Waals surface area contributed by atoms with Crippen molar-refractivity contribution in [2.75, 3.05) is 13.1 Å². The van der Waals surface area contributed by atoms with Gasteiger partial charge in [0.2, 0.25) is 0 Å². The van der Waals surface area contributed by atoms with E-state index >= 15 is 0 Å². The summed E-state index contributed by atoms with van der Waals surface area (Å²) in [4.78, 5) is 9.12. The van der Waals surface area contributed by atoms with Crippen molar-refractivity contribution in [3.05, 3.63) is 29.3 Å². The third-order valence-electron chi connectivity index (χ3n) is 4.14. The molecular formula is C15H17BrN6. The number of rotatable bonds is 2. The Morgan fingerprint density at radius 1 is 1.36 bits per heavy atom. The first-order valence-electron chi connectivity index (χ1n) is 7.45. The molecule has 3 aromatic heterocycles. The van der Waals surface area contributed by atoms with E-state index in [0.29, 0.717) is 6.04 Å². The number of hydrogen-bond acceptors (Lipinski definition) is 4. The minimum Gasteiger partial charge on any atom is -0.319 e. The molecule has 1 atom stereocenters. The second kappa shape index (κ2) is 5.48. The number of halogens is 1. The zero-order valence-corrected chi connectivity index (χ0v) is 13.9. The SMILES string of the molecule is Cn1cc(-c2nc3cnc(Br)cc3n2[C@@H]2CCCNC2)cn1. The summed E-state index contributed by atoms with van der Waals surface area (Å²) >= 11 is 3.48. The van der Waals surface area contributed by atoms with Crippen LogP contribution < -0.4 is 5.32 Å². The Labute approximate surface area is 136 Å². The van der Waals surface area contributed by atoms with Crippen LogP contribution >= 0.6 is 15.9 Å². The highest BCUT2D eigenvalue weighted by Crippen LogP contribution is 2.31. The average Bonchev–Trinajstić information content (AvgIpc) is 3.11. The molecule has 1 saturated heterocycles. The van der Waals surface area contributed by atoms with Crippen molar-refractivity contribution in [3.63, 3.8) is 0 Å². The Morgan fingerprint density at radius 2 is 2.27 bits per heavy atom. The molecule has 0 aliphatic carbocycles. The summed E-state index contributed by atoms with van der Waals surface area (Å²) in [5.74, 6) is 0.969. The highest BCUT2D eigenvalue weighted by molar-refractivity contribution is 9.10. The van der Waals surface area contributed by atoms with Gasteiger partial charge in [-0.1, -0.05) is 0 Å². The molecule has 0 unspecified atom stereocenters. The van der Waals surface area contributed by atoms with Crippen LogP contribution in [0.4, 0.5) is 0 Å². The first-order valence-corrected chi connectivity index (χ1v) is 8.25. The molecule has 3 aromatic rings. The lowest BCUT2D eigenvalue weighted by Gasteiger charge is -2.26. The van der Waals surface area contributed by atoms with E-state index in [1.54, 1.807) is 0 Å². The molecule has 0 saturated carbocycles. The number of imidazole rings is 1. The van der Waals surface area contributed by atoms with Crippen LogP contribution in [0.25, 0.3) is 22.4 Å². The zero-order chi connectivity index (χ0) is 15.1. The normalized spacial score (nSPS) is 18.9. The molecule has 4 rings (SSSR count). The van der Waals surface area contributed by atoms with E-state index in [1.165, 1.54) is 6.42 Å². The van der Waals surface area contributed by atoms with E-state index in [-0.39, 0.29) is 0 Å². The van der Waals surface area contributed by atoms with Crippen molar-refractivity contribution in [2.24, 2.45) is 7.05 Å². The monoisotopic (exact) mass is 360 g/mol. The lowest BCUT2D eigenvalue weighted by atomic mass is 10.1. The summed E-state index contributed by atoms with van der Waals surface area (Å²) < 4.78 is 4.99. The van der Waals surface area contributed by atoms with E-state index < -0.39 is 0 Å². The van der Waals surface area contributed by atoms with Crippen molar-refractivity contribution in [2.45, 2.75) is 18.9 Å². The summed E-state index contributed by atoms with van der Waals surface area (Å²) in [6.07, 6.45) is 8.05. The van der Waals surface area contributed by atoms with Crippen LogP contribution in [-0.4, -0.2) is 37.4 Å². The zero-order valence-electron chi connectivity index (χ0n) is 12.3. The lowest BCUT2D eigenvalue weighted by Crippen LogP contribution is -2.31. The molecule has 22 heavy (non-hydrogen) atoms. The maximum Gasteiger partial charge on any atom is 0.144 e. The van der Waals surface area contributed by atoms with E-state index in [0.717, 1.165) is 46.5 Å². The van der Waals surface area contributed by atoms with E-state index in [1.807, 2.05) is 30.3 Å². The Hall–Kier alpha value is -1.73. The summed E-state index contributed by atoms with van der Waals surface area (Å²) in [6.45, 7) is 2.06. The molecule has 6 nitrogen and oxygen atoms in total. The summed E-state index contributed by atoms with van der Waals surface area (Å²) in [6, 6.07) is 2.46. The molecule has 0 radical (unpaired) electrons. The van der Waals surface area contributed by atoms with Gasteiger partial charge in [0.15, 0.2) is 0 Å². The van der Waals surface area contributed by atoms with Gasteiger partial charge in [-0.2, -0.15) is 5.10 Å². The first-order chi connectivity index (χ1) is 10.7. The predicted molar refractivity (Wildman–Crippen MR) is 88.6 cm³/mol. The lowest BCUT2D eigenvalue weighted by molar-refractivity contribution is 0.380. The molecule has 1 aliphatic rings. The van der Waals surface area contributed by atoms with Gasteiger partial charge < -0.3 is 9.88 Å². The molecule has 0 aromatic carbocycles. The highest BCUT2D eigenvalue weighted by Gasteiger charge is 2.23. The Bertz CT molecular complexity index is 815. The number of piperidine rings is 1. The fourth-order valence-corrected chi connectivity index (χ4v) is 3.46. The van der Waals surface area contributed by atoms with Gasteiger partial charge in [0.1, 0.15) is 15.9 Å². The maximum absolute atomic E-state index is 4.81. The molecular weight excluding hydrogens is 344 g/mol. The van der Waals surface area contributed by atoms with Crippen LogP contribution in [0.3, 0.4) is 0 Å². The first kappa shape index (κ1) is 13.9. The summed E-state index contributed by atoms with van der Waals surface area (Å²) in [7, 11) is 1.93. The second-order valence-electron chi connectivity index (χ2n) is 5.70. The van der Waals surface area contributed by atoms with Crippen molar-refractivity contribution in [1.29, 1.82) is 0 Å². The van der Waals surface area contributed by atoms with Gasteiger partial charge in [0.05, 0.1) is 23.5 Å². The molecule has 1 fully saturated rings. The molecule has 114 valence electrons. The second-order valence-corrected chi connectivity index (χ2v) is 6.52. The Kier molecular flexibility index (Phi) is 3.46. The summed E-state index contributed by atoms with van der Waals surface area (Å²) in [5, 5.41) is 7.78. The van der Waals surface area contributed by atoms with Gasteiger partial charge in [-0.25, -0.2) is 9.97 Å². The smallest absolute Gasteiger partial charge is 0.144 e. The molecule has 4 heterocycles. The number of pyridine rings is 1. The van der Waals surface area contributed by atoms with Crippen molar-refractivity contribution < 1.29 is 0 Å². The Morgan fingerprint density at radius 3 is 3.00 bits per heavy atom. The third kappa shape index (κ3) is 2.34. The van der Waals surface area contributed by atoms with Crippen molar-refractivity contribution in [3.8, 4) is 11.4 Å². The maximum atomic E-state index is 4.81. The number of aromatic nitrogens is 5. The third-order valence-corrected chi connectivity index (χ3v) is 4.58. The number of hydrogen-bond donors (Lipinski definition) is 1. The van der Waals surface area contributed by atoms with Gasteiger partial charge in [-0.3, -0.25) is 4.68 Å². The topological polar surface area (TPSA) is 60.6 Å². The fourth-order valence-electron chi connectivity index (χ4n) is 3.14. The average molecular weight is 361 g/mol. The van der Waals surface area contributed by atoms with E-state index in [2.05, 4.69) is 42.0 Å². The molecule has 1 aliphatic heterocycles. The number of aryl methyl sites for hydroxylation is 1. The van der Waals surface area contributed by atoms with Gasteiger partial charge in [-0.15, -0.1) is 0 Å². The molecule has 0 amide bonds. The van der Waals surface area contributed by atoms with Crippen LogP contribution in [0.1, 0.15) is 18.9 Å². The van der Waals surface area contributed by atoms with Crippen molar-refractivity contribution >= 4 is 27.0 Å². The molecule has 1 N–H and O–H groups in total. The van der Waals surface area contributed by atoms with Crippen LogP contribution in [0.2, 0.25) is 0 Å². The predicted octanol–water partition coefficient (Wildman–Crippen LogP) is 2.52. The number of nitrogens with zero attached hydrogens (tertiary/aromatic N) is 5. The molecule has 7 heteroatoms. The quantitative estimate of drug-likeness (QED) is 0.713. The van der Waals surface area contributed by atoms with Gasteiger partial charge in [0.25, 0.3) is 0 Å².